The fourth-order valence-corrected chi connectivity index (χ4v) is 2.45. The second-order valence-corrected chi connectivity index (χ2v) is 5.12. The summed E-state index contributed by atoms with van der Waals surface area (Å²) in [5.41, 5.74) is 2.56. The molecule has 1 saturated heterocycles. The largest absolute Gasteiger partial charge is 0.340 e. The number of piperazine rings is 1. The molecule has 0 aliphatic carbocycles. The van der Waals surface area contributed by atoms with Crippen molar-refractivity contribution in [2.45, 2.75) is 32.7 Å². The highest BCUT2D eigenvalue weighted by molar-refractivity contribution is 5.85. The number of amides is 1. The molecule has 1 heterocycles. The molecule has 0 aromatic heterocycles. The van der Waals surface area contributed by atoms with Gasteiger partial charge in [-0.3, -0.25) is 4.79 Å². The Balaban J connectivity index is 0.00000180. The smallest absolute Gasteiger partial charge is 0.222 e. The Labute approximate surface area is 121 Å². The third-order valence-corrected chi connectivity index (χ3v) is 3.59. The zero-order valence-corrected chi connectivity index (χ0v) is 12.5. The number of carbonyl (C=O) groups is 1. The van der Waals surface area contributed by atoms with Crippen LogP contribution in [0.1, 0.15) is 24.5 Å². The van der Waals surface area contributed by atoms with Gasteiger partial charge in [0.05, 0.1) is 0 Å². The number of aryl methyl sites for hydroxylation is 2. The van der Waals surface area contributed by atoms with E-state index >= 15 is 0 Å². The molecule has 0 radical (unpaired) electrons. The van der Waals surface area contributed by atoms with Crippen LogP contribution in [0.5, 0.6) is 0 Å². The molecule has 1 fully saturated rings. The summed E-state index contributed by atoms with van der Waals surface area (Å²) in [4.78, 5) is 14.1. The van der Waals surface area contributed by atoms with Gasteiger partial charge in [0.2, 0.25) is 5.91 Å². The molecule has 1 aliphatic rings. The fraction of sp³-hybridized carbons (Fsp3) is 0.533. The first kappa shape index (κ1) is 16.0. The monoisotopic (exact) mass is 282 g/mol. The van der Waals surface area contributed by atoms with E-state index in [2.05, 4.69) is 31.3 Å². The van der Waals surface area contributed by atoms with Crippen molar-refractivity contribution in [1.82, 2.24) is 10.2 Å². The summed E-state index contributed by atoms with van der Waals surface area (Å²) in [5, 5.41) is 3.36. The standard InChI is InChI=1S/C15H22N2O.ClH/c1-12-5-3-4-6-14(12)7-8-15(18)17-10-9-16-13(2)11-17;/h3-6,13,16H,7-11H2,1-2H3;1H. The molecule has 1 atom stereocenters. The lowest BCUT2D eigenvalue weighted by atomic mass is 10.0. The van der Waals surface area contributed by atoms with Crippen LogP contribution in [0.15, 0.2) is 24.3 Å². The van der Waals surface area contributed by atoms with E-state index in [1.54, 1.807) is 0 Å². The van der Waals surface area contributed by atoms with E-state index in [0.29, 0.717) is 12.5 Å². The molecule has 106 valence electrons. The Morgan fingerprint density at radius 2 is 2.16 bits per heavy atom. The molecule has 0 bridgehead atoms. The van der Waals surface area contributed by atoms with Crippen molar-refractivity contribution < 1.29 is 4.79 Å². The van der Waals surface area contributed by atoms with Gasteiger partial charge in [0.25, 0.3) is 0 Å². The van der Waals surface area contributed by atoms with Gasteiger partial charge >= 0.3 is 0 Å². The van der Waals surface area contributed by atoms with Gasteiger partial charge in [-0.05, 0) is 31.4 Å². The van der Waals surface area contributed by atoms with Crippen LogP contribution in [0.2, 0.25) is 0 Å². The van der Waals surface area contributed by atoms with Gasteiger partial charge < -0.3 is 10.2 Å². The molecule has 4 heteroatoms. The Morgan fingerprint density at radius 1 is 1.42 bits per heavy atom. The van der Waals surface area contributed by atoms with Gasteiger partial charge in [-0.25, -0.2) is 0 Å². The first-order valence-corrected chi connectivity index (χ1v) is 6.72. The second-order valence-electron chi connectivity index (χ2n) is 5.12. The molecule has 1 aliphatic heterocycles. The Kier molecular flexibility index (Phi) is 6.32. The van der Waals surface area contributed by atoms with Crippen molar-refractivity contribution in [2.24, 2.45) is 0 Å². The SMILES string of the molecule is Cc1ccccc1CCC(=O)N1CCNC(C)C1.Cl. The van der Waals surface area contributed by atoms with Gasteiger partial charge in [-0.1, -0.05) is 24.3 Å². The predicted octanol–water partition coefficient (Wildman–Crippen LogP) is 2.17. The molecule has 2 rings (SSSR count). The molecule has 1 aromatic rings. The third kappa shape index (κ3) is 4.51. The van der Waals surface area contributed by atoms with E-state index in [0.717, 1.165) is 26.1 Å². The van der Waals surface area contributed by atoms with Crippen molar-refractivity contribution in [3.05, 3.63) is 35.4 Å². The highest BCUT2D eigenvalue weighted by Gasteiger charge is 2.19. The molecule has 19 heavy (non-hydrogen) atoms. The number of benzene rings is 1. The van der Waals surface area contributed by atoms with Gasteiger partial charge in [-0.15, -0.1) is 12.4 Å². The van der Waals surface area contributed by atoms with Gasteiger partial charge in [-0.2, -0.15) is 0 Å². The summed E-state index contributed by atoms with van der Waals surface area (Å²) >= 11 is 0. The van der Waals surface area contributed by atoms with Gasteiger partial charge in [0, 0.05) is 32.1 Å². The number of nitrogens with zero attached hydrogens (tertiary/aromatic N) is 1. The lowest BCUT2D eigenvalue weighted by molar-refractivity contribution is -0.132. The minimum atomic E-state index is 0. The molecular formula is C15H23ClN2O. The van der Waals surface area contributed by atoms with Crippen LogP contribution in [0.3, 0.4) is 0 Å². The van der Waals surface area contributed by atoms with E-state index in [4.69, 9.17) is 0 Å². The molecule has 1 amide bonds. The van der Waals surface area contributed by atoms with E-state index < -0.39 is 0 Å². The molecule has 0 saturated carbocycles. The average molecular weight is 283 g/mol. The summed E-state index contributed by atoms with van der Waals surface area (Å²) < 4.78 is 0. The predicted molar refractivity (Wildman–Crippen MR) is 80.8 cm³/mol. The van der Waals surface area contributed by atoms with Crippen molar-refractivity contribution in [3.8, 4) is 0 Å². The highest BCUT2D eigenvalue weighted by atomic mass is 35.5. The lowest BCUT2D eigenvalue weighted by Gasteiger charge is -2.32. The number of hydrogen-bond donors (Lipinski definition) is 1. The molecule has 1 aromatic carbocycles. The quantitative estimate of drug-likeness (QED) is 0.922. The summed E-state index contributed by atoms with van der Waals surface area (Å²) in [6.07, 6.45) is 1.47. The Morgan fingerprint density at radius 3 is 2.84 bits per heavy atom. The first-order chi connectivity index (χ1) is 8.66. The number of hydrogen-bond acceptors (Lipinski definition) is 2. The van der Waals surface area contributed by atoms with Crippen LogP contribution in [-0.2, 0) is 11.2 Å². The van der Waals surface area contributed by atoms with Crippen LogP contribution in [0.25, 0.3) is 0 Å². The van der Waals surface area contributed by atoms with E-state index in [9.17, 15) is 4.79 Å². The second kappa shape index (κ2) is 7.51. The Hall–Kier alpha value is -1.06. The zero-order chi connectivity index (χ0) is 13.0. The van der Waals surface area contributed by atoms with Crippen molar-refractivity contribution in [1.29, 1.82) is 0 Å². The molecule has 3 nitrogen and oxygen atoms in total. The molecular weight excluding hydrogens is 260 g/mol. The summed E-state index contributed by atoms with van der Waals surface area (Å²) in [6.45, 7) is 6.83. The molecule has 1 N–H and O–H groups in total. The summed E-state index contributed by atoms with van der Waals surface area (Å²) in [5.74, 6) is 0.284. The fourth-order valence-electron chi connectivity index (χ4n) is 2.45. The minimum Gasteiger partial charge on any atom is -0.340 e. The van der Waals surface area contributed by atoms with Crippen LogP contribution in [-0.4, -0.2) is 36.5 Å². The maximum Gasteiger partial charge on any atom is 0.222 e. The summed E-state index contributed by atoms with van der Waals surface area (Å²) in [7, 11) is 0. The van der Waals surface area contributed by atoms with E-state index in [1.807, 2.05) is 17.0 Å². The third-order valence-electron chi connectivity index (χ3n) is 3.59. The first-order valence-electron chi connectivity index (χ1n) is 6.72. The number of carbonyl (C=O) groups excluding carboxylic acids is 1. The summed E-state index contributed by atoms with van der Waals surface area (Å²) in [6, 6.07) is 8.72. The number of halogens is 1. The van der Waals surface area contributed by atoms with Crippen molar-refractivity contribution in [3.63, 3.8) is 0 Å². The maximum atomic E-state index is 12.1. The van der Waals surface area contributed by atoms with Crippen LogP contribution in [0.4, 0.5) is 0 Å². The number of nitrogens with one attached hydrogen (secondary N) is 1. The zero-order valence-electron chi connectivity index (χ0n) is 11.7. The topological polar surface area (TPSA) is 32.3 Å². The maximum absolute atomic E-state index is 12.1. The van der Waals surface area contributed by atoms with Crippen LogP contribution < -0.4 is 5.32 Å². The van der Waals surface area contributed by atoms with Gasteiger partial charge in [0.15, 0.2) is 0 Å². The number of rotatable bonds is 3. The molecule has 1 unspecified atom stereocenters. The Bertz CT molecular complexity index is 422. The van der Waals surface area contributed by atoms with E-state index in [1.165, 1.54) is 11.1 Å². The van der Waals surface area contributed by atoms with Crippen LogP contribution in [0, 0.1) is 6.92 Å². The normalized spacial score (nSPS) is 18.8. The van der Waals surface area contributed by atoms with Crippen molar-refractivity contribution >= 4 is 18.3 Å². The molecule has 0 spiro atoms. The van der Waals surface area contributed by atoms with Gasteiger partial charge in [0.1, 0.15) is 0 Å². The minimum absolute atomic E-state index is 0. The lowest BCUT2D eigenvalue weighted by Crippen LogP contribution is -2.51. The van der Waals surface area contributed by atoms with Crippen LogP contribution >= 0.6 is 12.4 Å². The van der Waals surface area contributed by atoms with Crippen molar-refractivity contribution in [2.75, 3.05) is 19.6 Å². The van der Waals surface area contributed by atoms with E-state index in [-0.39, 0.29) is 18.3 Å². The average Bonchev–Trinajstić information content (AvgIpc) is 2.37. The highest BCUT2D eigenvalue weighted by Crippen LogP contribution is 2.11.